The first kappa shape index (κ1) is 18.7. The van der Waals surface area contributed by atoms with Crippen molar-refractivity contribution in [1.82, 2.24) is 0 Å². The fraction of sp³-hybridized carbons (Fsp3) is 0. The Bertz CT molecular complexity index is 1170. The van der Waals surface area contributed by atoms with Crippen molar-refractivity contribution in [2.75, 3.05) is 0 Å². The molecule has 0 spiro atoms. The molecule has 0 aliphatic heterocycles. The van der Waals surface area contributed by atoms with Gasteiger partial charge in [0.2, 0.25) is 0 Å². The summed E-state index contributed by atoms with van der Waals surface area (Å²) in [6, 6.07) is 1.28. The molecule has 2 rings (SSSR count). The van der Waals surface area contributed by atoms with Crippen molar-refractivity contribution in [3.05, 3.63) is 18.2 Å². The molecular formula is C10H7ClO10S3. The van der Waals surface area contributed by atoms with Crippen LogP contribution in [0.3, 0.4) is 0 Å². The summed E-state index contributed by atoms with van der Waals surface area (Å²) in [5.41, 5.74) is 0. The van der Waals surface area contributed by atoms with Crippen LogP contribution in [0.25, 0.3) is 10.8 Å². The molecule has 4 N–H and O–H groups in total. The van der Waals surface area contributed by atoms with Gasteiger partial charge in [-0.15, -0.1) is 0 Å². The summed E-state index contributed by atoms with van der Waals surface area (Å²) in [5.74, 6) is -1.97. The van der Waals surface area contributed by atoms with Crippen molar-refractivity contribution >= 4 is 50.7 Å². The van der Waals surface area contributed by atoms with Crippen LogP contribution in [0, 0.1) is 0 Å². The summed E-state index contributed by atoms with van der Waals surface area (Å²) >= 11 is 0. The molecule has 0 bridgehead atoms. The van der Waals surface area contributed by atoms with Gasteiger partial charge in [0.15, 0.2) is 0 Å². The van der Waals surface area contributed by atoms with Crippen LogP contribution in [0.5, 0.6) is 11.5 Å². The van der Waals surface area contributed by atoms with Gasteiger partial charge in [-0.05, 0) is 6.07 Å². The molecular weight excluding hydrogens is 412 g/mol. The molecule has 0 aliphatic rings. The van der Waals surface area contributed by atoms with Gasteiger partial charge in [-0.25, -0.2) is 8.42 Å². The lowest BCUT2D eigenvalue weighted by Crippen LogP contribution is -2.07. The maximum atomic E-state index is 11.7. The number of hydrogen-bond donors (Lipinski definition) is 4. The maximum absolute atomic E-state index is 11.7. The Kier molecular flexibility index (Phi) is 4.23. The highest BCUT2D eigenvalue weighted by atomic mass is 35.7. The van der Waals surface area contributed by atoms with Crippen LogP contribution in [0.4, 0.5) is 0 Å². The minimum absolute atomic E-state index is 0.319. The van der Waals surface area contributed by atoms with E-state index in [1.54, 1.807) is 0 Å². The molecule has 0 saturated heterocycles. The van der Waals surface area contributed by atoms with E-state index >= 15 is 0 Å². The Morgan fingerprint density at radius 3 is 1.71 bits per heavy atom. The summed E-state index contributed by atoms with van der Waals surface area (Å²) in [4.78, 5) is -3.62. The van der Waals surface area contributed by atoms with E-state index in [2.05, 4.69) is 0 Å². The van der Waals surface area contributed by atoms with Crippen LogP contribution in [-0.4, -0.2) is 44.6 Å². The second-order valence-electron chi connectivity index (χ2n) is 4.48. The Morgan fingerprint density at radius 2 is 1.29 bits per heavy atom. The average Bonchev–Trinajstić information content (AvgIpc) is 2.33. The standard InChI is InChI=1S/C10H7ClO10S3/c11-22(14,15)10-5-1-4(23(16,17)18)2-6(12)9(5)7(13)3-8(10)24(19,20)21/h1-3,12-13H,(H,16,17,18)(H,19,20,21). The van der Waals surface area contributed by atoms with E-state index in [4.69, 9.17) is 19.8 Å². The number of phenols is 2. The fourth-order valence-electron chi connectivity index (χ4n) is 2.04. The Morgan fingerprint density at radius 1 is 0.792 bits per heavy atom. The summed E-state index contributed by atoms with van der Waals surface area (Å²) < 4.78 is 86.6. The van der Waals surface area contributed by atoms with Crippen molar-refractivity contribution < 1.29 is 44.6 Å². The van der Waals surface area contributed by atoms with E-state index in [-0.39, 0.29) is 0 Å². The third-order valence-corrected chi connectivity index (χ3v) is 6.13. The lowest BCUT2D eigenvalue weighted by molar-refractivity contribution is 0.455. The van der Waals surface area contributed by atoms with Crippen molar-refractivity contribution in [1.29, 1.82) is 0 Å². The Labute approximate surface area is 139 Å². The molecule has 14 heteroatoms. The van der Waals surface area contributed by atoms with Gasteiger partial charge in [0.05, 0.1) is 10.3 Å². The second-order valence-corrected chi connectivity index (χ2v) is 9.79. The van der Waals surface area contributed by atoms with Crippen molar-refractivity contribution in [2.45, 2.75) is 14.7 Å². The summed E-state index contributed by atoms with van der Waals surface area (Å²) in [6.45, 7) is 0. The number of aromatic hydroxyl groups is 2. The number of halogens is 1. The average molecular weight is 419 g/mol. The minimum Gasteiger partial charge on any atom is -0.507 e. The number of fused-ring (bicyclic) bond motifs is 1. The second kappa shape index (κ2) is 5.44. The quantitative estimate of drug-likeness (QED) is 0.408. The Balaban J connectivity index is 3.29. The van der Waals surface area contributed by atoms with Crippen LogP contribution >= 0.6 is 10.7 Å². The molecule has 2 aromatic carbocycles. The molecule has 132 valence electrons. The maximum Gasteiger partial charge on any atom is 0.296 e. The summed E-state index contributed by atoms with van der Waals surface area (Å²) in [5, 5.41) is 18.1. The largest absolute Gasteiger partial charge is 0.507 e. The third kappa shape index (κ3) is 3.26. The lowest BCUT2D eigenvalue weighted by Gasteiger charge is -2.12. The first-order chi connectivity index (χ1) is 10.6. The molecule has 10 nitrogen and oxygen atoms in total. The zero-order valence-electron chi connectivity index (χ0n) is 11.1. The highest BCUT2D eigenvalue weighted by molar-refractivity contribution is 8.14. The number of phenolic OH excluding ortho intramolecular Hbond substituents is 2. The summed E-state index contributed by atoms with van der Waals surface area (Å²) in [7, 11) is -9.90. The van der Waals surface area contributed by atoms with Crippen molar-refractivity contribution in [2.24, 2.45) is 0 Å². The van der Waals surface area contributed by atoms with E-state index in [0.717, 1.165) is 0 Å². The Hall–Kier alpha value is -1.64. The first-order valence-electron chi connectivity index (χ1n) is 5.56. The molecule has 2 aromatic rings. The zero-order valence-corrected chi connectivity index (χ0v) is 14.3. The van der Waals surface area contributed by atoms with Crippen LogP contribution in [0.1, 0.15) is 0 Å². The smallest absolute Gasteiger partial charge is 0.296 e. The van der Waals surface area contributed by atoms with Crippen LogP contribution in [-0.2, 0) is 29.3 Å². The molecule has 0 amide bonds. The molecule has 0 aromatic heterocycles. The van der Waals surface area contributed by atoms with Crippen molar-refractivity contribution in [3.63, 3.8) is 0 Å². The highest BCUT2D eigenvalue weighted by Gasteiger charge is 2.30. The predicted octanol–water partition coefficient (Wildman–Crippen LogP) is 0.672. The third-order valence-electron chi connectivity index (χ3n) is 2.90. The SMILES string of the molecule is O=S(=O)(O)c1cc(O)c2c(O)cc(S(=O)(=O)O)c(S(=O)(=O)Cl)c2c1. The van der Waals surface area contributed by atoms with Gasteiger partial charge in [-0.3, -0.25) is 9.11 Å². The minimum atomic E-state index is -5.21. The lowest BCUT2D eigenvalue weighted by atomic mass is 10.1. The van der Waals surface area contributed by atoms with Gasteiger partial charge in [-0.2, -0.15) is 16.8 Å². The van der Waals surface area contributed by atoms with E-state index in [0.29, 0.717) is 18.2 Å². The molecule has 0 unspecified atom stereocenters. The van der Waals surface area contributed by atoms with E-state index < -0.39 is 66.2 Å². The number of benzene rings is 2. The van der Waals surface area contributed by atoms with Crippen molar-refractivity contribution in [3.8, 4) is 11.5 Å². The van der Waals surface area contributed by atoms with Gasteiger partial charge < -0.3 is 10.2 Å². The number of hydrogen-bond acceptors (Lipinski definition) is 8. The zero-order chi connectivity index (χ0) is 18.7. The van der Waals surface area contributed by atoms with Gasteiger partial charge in [-0.1, -0.05) is 0 Å². The molecule has 0 saturated carbocycles. The topological polar surface area (TPSA) is 183 Å². The van der Waals surface area contributed by atoms with Crippen LogP contribution < -0.4 is 0 Å². The predicted molar refractivity (Wildman–Crippen MR) is 79.9 cm³/mol. The fourth-order valence-corrected chi connectivity index (χ4v) is 5.17. The van der Waals surface area contributed by atoms with Gasteiger partial charge in [0, 0.05) is 28.2 Å². The first-order valence-corrected chi connectivity index (χ1v) is 10.8. The van der Waals surface area contributed by atoms with E-state index in [1.807, 2.05) is 0 Å². The summed E-state index contributed by atoms with van der Waals surface area (Å²) in [6.07, 6.45) is 0. The molecule has 0 radical (unpaired) electrons. The molecule has 0 heterocycles. The van der Waals surface area contributed by atoms with Gasteiger partial charge in [0.1, 0.15) is 21.3 Å². The normalized spacial score (nSPS) is 13.3. The molecule has 24 heavy (non-hydrogen) atoms. The van der Waals surface area contributed by atoms with Gasteiger partial charge >= 0.3 is 0 Å². The highest BCUT2D eigenvalue weighted by Crippen LogP contribution is 2.42. The molecule has 0 aliphatic carbocycles. The van der Waals surface area contributed by atoms with Crippen LogP contribution in [0.2, 0.25) is 0 Å². The van der Waals surface area contributed by atoms with Gasteiger partial charge in [0.25, 0.3) is 29.3 Å². The monoisotopic (exact) mass is 418 g/mol. The van der Waals surface area contributed by atoms with E-state index in [1.165, 1.54) is 0 Å². The molecule has 0 fully saturated rings. The van der Waals surface area contributed by atoms with Crippen LogP contribution in [0.15, 0.2) is 32.9 Å². The number of rotatable bonds is 3. The van der Waals surface area contributed by atoms with E-state index in [9.17, 15) is 35.5 Å². The molecule has 0 atom stereocenters.